The summed E-state index contributed by atoms with van der Waals surface area (Å²) < 4.78 is 41.3. The highest BCUT2D eigenvalue weighted by atomic mass is 32.1. The Labute approximate surface area is 192 Å². The SMILES string of the molecule is CN(C)CCCn1cnc2sc3c(c2c1=O)CCN(C(=O)Nc1ccccc1C(F)(F)F)C3. The smallest absolute Gasteiger partial charge is 0.319 e. The van der Waals surface area contributed by atoms with E-state index in [1.54, 1.807) is 10.9 Å². The van der Waals surface area contributed by atoms with E-state index < -0.39 is 17.8 Å². The Bertz CT molecular complexity index is 1230. The largest absolute Gasteiger partial charge is 0.418 e. The molecule has 3 heterocycles. The molecule has 1 aliphatic rings. The zero-order valence-corrected chi connectivity index (χ0v) is 19.1. The number of fused-ring (bicyclic) bond motifs is 3. The van der Waals surface area contributed by atoms with Gasteiger partial charge in [-0.05, 0) is 51.2 Å². The molecule has 11 heteroatoms. The first-order chi connectivity index (χ1) is 15.6. The van der Waals surface area contributed by atoms with Crippen LogP contribution in [0.25, 0.3) is 10.2 Å². The number of hydrogen-bond donors (Lipinski definition) is 1. The fourth-order valence-electron chi connectivity index (χ4n) is 3.94. The van der Waals surface area contributed by atoms with Crippen LogP contribution >= 0.6 is 11.3 Å². The van der Waals surface area contributed by atoms with Gasteiger partial charge in [0, 0.05) is 18.0 Å². The van der Waals surface area contributed by atoms with Crippen LogP contribution in [0.5, 0.6) is 0 Å². The molecule has 2 aromatic heterocycles. The number of para-hydroxylation sites is 1. The number of carbonyl (C=O) groups excluding carboxylic acids is 1. The molecule has 1 aromatic carbocycles. The van der Waals surface area contributed by atoms with Crippen molar-refractivity contribution in [1.29, 1.82) is 0 Å². The number of nitrogens with zero attached hydrogens (tertiary/aromatic N) is 4. The predicted octanol–water partition coefficient (Wildman–Crippen LogP) is 4.02. The first-order valence-electron chi connectivity index (χ1n) is 10.5. The molecule has 0 saturated heterocycles. The van der Waals surface area contributed by atoms with Gasteiger partial charge in [0.15, 0.2) is 0 Å². The first kappa shape index (κ1) is 23.2. The Morgan fingerprint density at radius 1 is 1.27 bits per heavy atom. The molecule has 4 rings (SSSR count). The van der Waals surface area contributed by atoms with Crippen molar-refractivity contribution < 1.29 is 18.0 Å². The molecule has 1 aliphatic heterocycles. The van der Waals surface area contributed by atoms with Crippen LogP contribution in [0.15, 0.2) is 35.4 Å². The van der Waals surface area contributed by atoms with Gasteiger partial charge < -0.3 is 15.1 Å². The van der Waals surface area contributed by atoms with Gasteiger partial charge in [-0.25, -0.2) is 9.78 Å². The van der Waals surface area contributed by atoms with Gasteiger partial charge in [0.25, 0.3) is 5.56 Å². The molecule has 0 radical (unpaired) electrons. The number of halogens is 3. The summed E-state index contributed by atoms with van der Waals surface area (Å²) in [5.74, 6) is 0. The van der Waals surface area contributed by atoms with Crippen LogP contribution in [0.2, 0.25) is 0 Å². The normalized spacial score (nSPS) is 14.1. The molecule has 1 N–H and O–H groups in total. The summed E-state index contributed by atoms with van der Waals surface area (Å²) in [4.78, 5) is 35.2. The predicted molar refractivity (Wildman–Crippen MR) is 122 cm³/mol. The second-order valence-electron chi connectivity index (χ2n) is 8.23. The zero-order valence-electron chi connectivity index (χ0n) is 18.3. The first-order valence-corrected chi connectivity index (χ1v) is 11.3. The van der Waals surface area contributed by atoms with Gasteiger partial charge in [-0.3, -0.25) is 9.36 Å². The lowest BCUT2D eigenvalue weighted by molar-refractivity contribution is -0.136. The van der Waals surface area contributed by atoms with Crippen molar-refractivity contribution in [1.82, 2.24) is 19.4 Å². The van der Waals surface area contributed by atoms with E-state index in [-0.39, 0.29) is 17.8 Å². The number of nitrogens with one attached hydrogen (secondary N) is 1. The summed E-state index contributed by atoms with van der Waals surface area (Å²) in [6, 6.07) is 4.29. The van der Waals surface area contributed by atoms with Gasteiger partial charge in [0.05, 0.1) is 29.5 Å². The molecule has 0 aliphatic carbocycles. The van der Waals surface area contributed by atoms with E-state index in [4.69, 9.17) is 0 Å². The number of hydrogen-bond acceptors (Lipinski definition) is 5. The average Bonchev–Trinajstić information content (AvgIpc) is 3.13. The average molecular weight is 480 g/mol. The van der Waals surface area contributed by atoms with E-state index in [2.05, 4.69) is 15.2 Å². The van der Waals surface area contributed by atoms with Crippen molar-refractivity contribution in [2.75, 3.05) is 32.5 Å². The van der Waals surface area contributed by atoms with E-state index in [1.807, 2.05) is 14.1 Å². The molecule has 2 amide bonds. The van der Waals surface area contributed by atoms with Crippen molar-refractivity contribution in [2.45, 2.75) is 32.1 Å². The van der Waals surface area contributed by atoms with Crippen molar-refractivity contribution in [3.63, 3.8) is 0 Å². The van der Waals surface area contributed by atoms with Crippen LogP contribution in [0.4, 0.5) is 23.7 Å². The number of thiophene rings is 1. The molecule has 0 unspecified atom stereocenters. The highest BCUT2D eigenvalue weighted by molar-refractivity contribution is 7.18. The number of benzene rings is 1. The van der Waals surface area contributed by atoms with E-state index in [9.17, 15) is 22.8 Å². The molecule has 0 atom stereocenters. The monoisotopic (exact) mass is 479 g/mol. The van der Waals surface area contributed by atoms with Crippen molar-refractivity contribution >= 4 is 33.3 Å². The number of urea groups is 1. The van der Waals surface area contributed by atoms with E-state index in [0.29, 0.717) is 29.7 Å². The summed E-state index contributed by atoms with van der Waals surface area (Å²) >= 11 is 1.35. The lowest BCUT2D eigenvalue weighted by atomic mass is 10.1. The molecule has 0 saturated carbocycles. The summed E-state index contributed by atoms with van der Waals surface area (Å²) in [5.41, 5.74) is -0.376. The number of aryl methyl sites for hydroxylation is 1. The summed E-state index contributed by atoms with van der Waals surface area (Å²) in [7, 11) is 3.95. The molecule has 176 valence electrons. The maximum Gasteiger partial charge on any atom is 0.418 e. The third-order valence-electron chi connectivity index (χ3n) is 5.59. The van der Waals surface area contributed by atoms with Crippen molar-refractivity contribution in [3.8, 4) is 0 Å². The molecule has 0 bridgehead atoms. The van der Waals surface area contributed by atoms with Gasteiger partial charge in [0.2, 0.25) is 0 Å². The van der Waals surface area contributed by atoms with E-state index in [1.165, 1.54) is 34.4 Å². The highest BCUT2D eigenvalue weighted by Crippen LogP contribution is 2.35. The number of alkyl halides is 3. The summed E-state index contributed by atoms with van der Waals surface area (Å²) in [6.07, 6.45) is -1.74. The van der Waals surface area contributed by atoms with Crippen LogP contribution in [-0.4, -0.2) is 52.6 Å². The molecule has 0 spiro atoms. The number of anilines is 1. The summed E-state index contributed by atoms with van der Waals surface area (Å²) in [5, 5.41) is 2.98. The molecule has 3 aromatic rings. The topological polar surface area (TPSA) is 70.5 Å². The van der Waals surface area contributed by atoms with E-state index in [0.717, 1.165) is 29.5 Å². The van der Waals surface area contributed by atoms with Gasteiger partial charge >= 0.3 is 12.2 Å². The third-order valence-corrected chi connectivity index (χ3v) is 6.72. The second-order valence-corrected chi connectivity index (χ2v) is 9.31. The molecule has 33 heavy (non-hydrogen) atoms. The second kappa shape index (κ2) is 9.14. The fraction of sp³-hybridized carbons (Fsp3) is 0.409. The minimum Gasteiger partial charge on any atom is -0.319 e. The number of rotatable bonds is 5. The van der Waals surface area contributed by atoms with Crippen LogP contribution in [0.1, 0.15) is 22.4 Å². The minimum atomic E-state index is -4.57. The Hall–Kier alpha value is -2.92. The Balaban J connectivity index is 1.53. The van der Waals surface area contributed by atoms with Crippen LogP contribution in [0.3, 0.4) is 0 Å². The zero-order chi connectivity index (χ0) is 23.8. The van der Waals surface area contributed by atoms with Crippen molar-refractivity contribution in [2.24, 2.45) is 0 Å². The molecule has 7 nitrogen and oxygen atoms in total. The van der Waals surface area contributed by atoms with Crippen LogP contribution in [0, 0.1) is 0 Å². The number of amides is 2. The Morgan fingerprint density at radius 3 is 2.76 bits per heavy atom. The van der Waals surface area contributed by atoms with Crippen LogP contribution in [-0.2, 0) is 25.7 Å². The molecule has 0 fully saturated rings. The highest BCUT2D eigenvalue weighted by Gasteiger charge is 2.34. The maximum absolute atomic E-state index is 13.2. The lowest BCUT2D eigenvalue weighted by Gasteiger charge is -2.27. The minimum absolute atomic E-state index is 0.0896. The quantitative estimate of drug-likeness (QED) is 0.600. The van der Waals surface area contributed by atoms with Gasteiger partial charge in [-0.2, -0.15) is 13.2 Å². The van der Waals surface area contributed by atoms with E-state index >= 15 is 0 Å². The summed E-state index contributed by atoms with van der Waals surface area (Å²) in [6.45, 7) is 1.94. The third kappa shape index (κ3) is 4.88. The standard InChI is InChI=1S/C22H24F3N5O2S/c1-28(2)9-5-10-30-13-26-19-18(20(30)31)14-8-11-29(12-17(14)33-19)21(32)27-16-7-4-3-6-15(16)22(23,24)25/h3-4,6-7,13H,5,8-12H2,1-2H3,(H,27,32). The Kier molecular flexibility index (Phi) is 6.44. The van der Waals surface area contributed by atoms with Gasteiger partial charge in [-0.15, -0.1) is 11.3 Å². The van der Waals surface area contributed by atoms with Gasteiger partial charge in [-0.1, -0.05) is 12.1 Å². The van der Waals surface area contributed by atoms with Gasteiger partial charge in [0.1, 0.15) is 4.83 Å². The number of carbonyl (C=O) groups is 1. The number of aromatic nitrogens is 2. The Morgan fingerprint density at radius 2 is 2.03 bits per heavy atom. The lowest BCUT2D eigenvalue weighted by Crippen LogP contribution is -2.39. The molecular weight excluding hydrogens is 455 g/mol. The van der Waals surface area contributed by atoms with Crippen LogP contribution < -0.4 is 10.9 Å². The fourth-order valence-corrected chi connectivity index (χ4v) is 5.14. The molecular formula is C22H24F3N5O2S. The maximum atomic E-state index is 13.2. The van der Waals surface area contributed by atoms with Crippen molar-refractivity contribution in [3.05, 3.63) is 57.0 Å².